The molecule has 1 N–H and O–H groups in total. The van der Waals surface area contributed by atoms with Crippen molar-refractivity contribution in [2.75, 3.05) is 7.11 Å². The summed E-state index contributed by atoms with van der Waals surface area (Å²) < 4.78 is 6.10. The summed E-state index contributed by atoms with van der Waals surface area (Å²) in [5.74, 6) is -0.0596. The van der Waals surface area contributed by atoms with Crippen LogP contribution < -0.4 is 10.9 Å². The first-order chi connectivity index (χ1) is 13.3. The Bertz CT molecular complexity index is 947. The summed E-state index contributed by atoms with van der Waals surface area (Å²) in [7, 11) is 1.30. The second kappa shape index (κ2) is 8.43. The van der Waals surface area contributed by atoms with Crippen molar-refractivity contribution in [2.45, 2.75) is 59.0 Å². The fourth-order valence-electron chi connectivity index (χ4n) is 3.70. The lowest BCUT2D eigenvalue weighted by Gasteiger charge is -2.19. The zero-order chi connectivity index (χ0) is 20.4. The summed E-state index contributed by atoms with van der Waals surface area (Å²) in [6.07, 6.45) is 4.81. The number of hydrogen-bond acceptors (Lipinski definition) is 6. The van der Waals surface area contributed by atoms with Gasteiger partial charge in [0.1, 0.15) is 17.4 Å². The van der Waals surface area contributed by atoms with Gasteiger partial charge in [-0.3, -0.25) is 14.2 Å². The van der Waals surface area contributed by atoms with E-state index in [4.69, 9.17) is 4.74 Å². The molecule has 2 heterocycles. The predicted octanol–water partition coefficient (Wildman–Crippen LogP) is 2.29. The lowest BCUT2D eigenvalue weighted by molar-refractivity contribution is -0.145. The Morgan fingerprint density at radius 2 is 2.18 bits per heavy atom. The Labute approximate surface area is 168 Å². The molecular weight excluding hydrogens is 378 g/mol. The topological polar surface area (TPSA) is 90.3 Å². The molecule has 1 aliphatic rings. The first kappa shape index (κ1) is 20.5. The molecule has 3 rings (SSSR count). The quantitative estimate of drug-likeness (QED) is 0.745. The van der Waals surface area contributed by atoms with Crippen LogP contribution in [0.4, 0.5) is 0 Å². The first-order valence-corrected chi connectivity index (χ1v) is 10.5. The predicted molar refractivity (Wildman–Crippen MR) is 108 cm³/mol. The minimum Gasteiger partial charge on any atom is -0.467 e. The Kier molecular flexibility index (Phi) is 6.17. The Balaban J connectivity index is 1.82. The van der Waals surface area contributed by atoms with Crippen molar-refractivity contribution >= 4 is 33.4 Å². The molecule has 1 aliphatic carbocycles. The van der Waals surface area contributed by atoms with Gasteiger partial charge in [0.05, 0.1) is 18.8 Å². The van der Waals surface area contributed by atoms with Gasteiger partial charge in [-0.15, -0.1) is 11.3 Å². The number of esters is 1. The molecule has 0 radical (unpaired) electrons. The monoisotopic (exact) mass is 405 g/mol. The van der Waals surface area contributed by atoms with E-state index in [-0.39, 0.29) is 18.0 Å². The van der Waals surface area contributed by atoms with E-state index in [9.17, 15) is 14.4 Å². The number of aryl methyl sites for hydroxylation is 1. The van der Waals surface area contributed by atoms with Crippen molar-refractivity contribution in [1.82, 2.24) is 14.9 Å². The van der Waals surface area contributed by atoms with Crippen LogP contribution in [0.2, 0.25) is 0 Å². The highest BCUT2D eigenvalue weighted by molar-refractivity contribution is 7.18. The third-order valence-electron chi connectivity index (χ3n) is 5.12. The first-order valence-electron chi connectivity index (χ1n) is 9.67. The SMILES string of the molecule is COC(=O)[C@H](CC(C)C)NC(=O)Cn1cnc2sc3c(c2c1=O)CC[C@@H](C)C3. The number of carbonyl (C=O) groups is 2. The van der Waals surface area contributed by atoms with Crippen LogP contribution in [0.25, 0.3) is 10.2 Å². The van der Waals surface area contributed by atoms with Gasteiger partial charge in [-0.05, 0) is 43.1 Å². The van der Waals surface area contributed by atoms with Crippen molar-refractivity contribution in [3.8, 4) is 0 Å². The molecule has 0 saturated carbocycles. The zero-order valence-corrected chi connectivity index (χ0v) is 17.6. The number of thiophene rings is 1. The molecule has 7 nitrogen and oxygen atoms in total. The molecule has 2 aromatic rings. The fraction of sp³-hybridized carbons (Fsp3) is 0.600. The minimum absolute atomic E-state index is 0.172. The number of nitrogens with zero attached hydrogens (tertiary/aromatic N) is 2. The van der Waals surface area contributed by atoms with E-state index in [0.717, 1.165) is 29.7 Å². The molecule has 0 bridgehead atoms. The lowest BCUT2D eigenvalue weighted by Crippen LogP contribution is -2.44. The van der Waals surface area contributed by atoms with Crippen molar-refractivity contribution in [3.63, 3.8) is 0 Å². The molecule has 28 heavy (non-hydrogen) atoms. The average Bonchev–Trinajstić information content (AvgIpc) is 3.00. The van der Waals surface area contributed by atoms with Crippen LogP contribution in [0, 0.1) is 11.8 Å². The molecule has 0 unspecified atom stereocenters. The maximum Gasteiger partial charge on any atom is 0.328 e. The molecule has 152 valence electrons. The van der Waals surface area contributed by atoms with Crippen LogP contribution in [-0.4, -0.2) is 34.6 Å². The minimum atomic E-state index is -0.722. The third-order valence-corrected chi connectivity index (χ3v) is 6.29. The van der Waals surface area contributed by atoms with Crippen LogP contribution in [-0.2, 0) is 33.7 Å². The standard InChI is InChI=1S/C20H27N3O4S/c1-11(2)7-14(20(26)27-4)22-16(24)9-23-10-21-18-17(19(23)25)13-6-5-12(3)8-15(13)28-18/h10-12,14H,5-9H2,1-4H3,(H,22,24)/t12-,14+/m1/s1. The highest BCUT2D eigenvalue weighted by Gasteiger charge is 2.25. The number of aromatic nitrogens is 2. The molecule has 1 amide bonds. The highest BCUT2D eigenvalue weighted by atomic mass is 32.1. The largest absolute Gasteiger partial charge is 0.467 e. The number of nitrogens with one attached hydrogen (secondary N) is 1. The van der Waals surface area contributed by atoms with Gasteiger partial charge >= 0.3 is 5.97 Å². The Hall–Kier alpha value is -2.22. The van der Waals surface area contributed by atoms with E-state index in [1.54, 1.807) is 11.3 Å². The van der Waals surface area contributed by atoms with Gasteiger partial charge in [0.25, 0.3) is 5.56 Å². The molecule has 0 saturated heterocycles. The lowest BCUT2D eigenvalue weighted by atomic mass is 9.89. The average molecular weight is 406 g/mol. The molecule has 0 aliphatic heterocycles. The second-order valence-corrected chi connectivity index (χ2v) is 9.07. The van der Waals surface area contributed by atoms with Crippen LogP contribution in [0.1, 0.15) is 44.1 Å². The smallest absolute Gasteiger partial charge is 0.328 e. The van der Waals surface area contributed by atoms with Gasteiger partial charge in [0.15, 0.2) is 0 Å². The summed E-state index contributed by atoms with van der Waals surface area (Å²) in [6.45, 7) is 5.97. The normalized spacial score (nSPS) is 17.4. The van der Waals surface area contributed by atoms with Crippen molar-refractivity contribution in [3.05, 3.63) is 27.1 Å². The van der Waals surface area contributed by atoms with E-state index < -0.39 is 17.9 Å². The summed E-state index contributed by atoms with van der Waals surface area (Å²) >= 11 is 1.58. The van der Waals surface area contributed by atoms with Crippen LogP contribution >= 0.6 is 11.3 Å². The number of fused-ring (bicyclic) bond motifs is 3. The van der Waals surface area contributed by atoms with Gasteiger partial charge in [-0.1, -0.05) is 20.8 Å². The van der Waals surface area contributed by atoms with Gasteiger partial charge < -0.3 is 10.1 Å². The molecule has 2 aromatic heterocycles. The maximum absolute atomic E-state index is 13.0. The maximum atomic E-state index is 13.0. The van der Waals surface area contributed by atoms with E-state index >= 15 is 0 Å². The van der Waals surface area contributed by atoms with E-state index in [0.29, 0.717) is 17.7 Å². The summed E-state index contributed by atoms with van der Waals surface area (Å²) in [6, 6.07) is -0.722. The van der Waals surface area contributed by atoms with Crippen LogP contribution in [0.3, 0.4) is 0 Å². The summed E-state index contributed by atoms with van der Waals surface area (Å²) in [4.78, 5) is 43.8. The fourth-order valence-corrected chi connectivity index (χ4v) is 5.04. The van der Waals surface area contributed by atoms with Gasteiger partial charge in [-0.25, -0.2) is 9.78 Å². The summed E-state index contributed by atoms with van der Waals surface area (Å²) in [5.41, 5.74) is 0.906. The van der Waals surface area contributed by atoms with Crippen molar-refractivity contribution in [1.29, 1.82) is 0 Å². The number of hydrogen-bond donors (Lipinski definition) is 1. The molecule has 0 fully saturated rings. The molecule has 0 aromatic carbocycles. The third kappa shape index (κ3) is 4.27. The van der Waals surface area contributed by atoms with Crippen molar-refractivity contribution < 1.29 is 14.3 Å². The number of methoxy groups -OCH3 is 1. The molecule has 0 spiro atoms. The Morgan fingerprint density at radius 1 is 1.43 bits per heavy atom. The van der Waals surface area contributed by atoms with E-state index in [1.165, 1.54) is 22.9 Å². The van der Waals surface area contributed by atoms with E-state index in [1.807, 2.05) is 13.8 Å². The Morgan fingerprint density at radius 3 is 2.86 bits per heavy atom. The number of ether oxygens (including phenoxy) is 1. The second-order valence-electron chi connectivity index (χ2n) is 7.98. The zero-order valence-electron chi connectivity index (χ0n) is 16.8. The van der Waals surface area contributed by atoms with Crippen LogP contribution in [0.5, 0.6) is 0 Å². The van der Waals surface area contributed by atoms with Crippen LogP contribution in [0.15, 0.2) is 11.1 Å². The molecule has 2 atom stereocenters. The van der Waals surface area contributed by atoms with E-state index in [2.05, 4.69) is 17.2 Å². The molecule has 8 heteroatoms. The number of rotatable bonds is 6. The van der Waals surface area contributed by atoms with Gasteiger partial charge in [0, 0.05) is 4.88 Å². The van der Waals surface area contributed by atoms with Gasteiger partial charge in [-0.2, -0.15) is 0 Å². The van der Waals surface area contributed by atoms with Gasteiger partial charge in [0.2, 0.25) is 5.91 Å². The highest BCUT2D eigenvalue weighted by Crippen LogP contribution is 2.35. The number of amides is 1. The van der Waals surface area contributed by atoms with Crippen molar-refractivity contribution in [2.24, 2.45) is 11.8 Å². The number of carbonyl (C=O) groups excluding carboxylic acids is 2. The molecular formula is C20H27N3O4S. The summed E-state index contributed by atoms with van der Waals surface area (Å²) in [5, 5.41) is 3.33.